The van der Waals surface area contributed by atoms with E-state index < -0.39 is 12.4 Å². The van der Waals surface area contributed by atoms with E-state index in [9.17, 15) is 23.2 Å². The van der Waals surface area contributed by atoms with Crippen LogP contribution in [0.15, 0.2) is 90.6 Å². The molecule has 1 aliphatic heterocycles. The summed E-state index contributed by atoms with van der Waals surface area (Å²) in [7, 11) is 0. The molecule has 0 aliphatic carbocycles. The van der Waals surface area contributed by atoms with Crippen molar-refractivity contribution in [3.8, 4) is 11.8 Å². The average Bonchev–Trinajstić information content (AvgIpc) is 3.15. The number of alkyl halides is 3. The molecule has 1 N–H and O–H groups in total. The Hall–Kier alpha value is -4.25. The smallest absolute Gasteiger partial charge is 0.406 e. The Labute approximate surface area is 194 Å². The van der Waals surface area contributed by atoms with Crippen LogP contribution in [0.1, 0.15) is 35.7 Å². The first-order chi connectivity index (χ1) is 16.2. The minimum absolute atomic E-state index is 0.162. The highest BCUT2D eigenvalue weighted by Crippen LogP contribution is 2.37. The highest BCUT2D eigenvalue weighted by molar-refractivity contribution is 6.09. The highest BCUT2D eigenvalue weighted by atomic mass is 19.4. The van der Waals surface area contributed by atoms with E-state index in [4.69, 9.17) is 0 Å². The summed E-state index contributed by atoms with van der Waals surface area (Å²) in [6, 6.07) is 23.0. The van der Waals surface area contributed by atoms with E-state index in [0.29, 0.717) is 22.5 Å². The number of anilines is 1. The number of hydrogen-bond donors (Lipinski definition) is 1. The van der Waals surface area contributed by atoms with E-state index in [1.165, 1.54) is 17.0 Å². The normalized spacial score (nSPS) is 16.6. The van der Waals surface area contributed by atoms with Crippen molar-refractivity contribution in [3.63, 3.8) is 0 Å². The van der Waals surface area contributed by atoms with Crippen LogP contribution in [0.25, 0.3) is 0 Å². The number of carbonyl (C=O) groups is 1. The van der Waals surface area contributed by atoms with Crippen LogP contribution in [0.2, 0.25) is 0 Å². The molecule has 172 valence electrons. The number of ether oxygens (including phenoxy) is 1. The van der Waals surface area contributed by atoms with Crippen LogP contribution in [-0.2, 0) is 4.79 Å². The van der Waals surface area contributed by atoms with Crippen LogP contribution in [-0.4, -0.2) is 12.3 Å². The molecule has 0 bridgehead atoms. The molecule has 1 heterocycles. The minimum atomic E-state index is -4.81. The fourth-order valence-corrected chi connectivity index (χ4v) is 3.85. The first-order valence-corrected chi connectivity index (χ1v) is 10.5. The number of nitriles is 1. The summed E-state index contributed by atoms with van der Waals surface area (Å²) in [5, 5.41) is 12.5. The van der Waals surface area contributed by atoms with Crippen molar-refractivity contribution in [1.29, 1.82) is 5.26 Å². The third-order valence-electron chi connectivity index (χ3n) is 5.43. The Morgan fingerprint density at radius 3 is 2.38 bits per heavy atom. The van der Waals surface area contributed by atoms with Crippen LogP contribution in [0.3, 0.4) is 0 Å². The number of hydrogen-bond acceptors (Lipinski definition) is 4. The lowest BCUT2D eigenvalue weighted by atomic mass is 10.0. The van der Waals surface area contributed by atoms with Gasteiger partial charge < -0.3 is 10.1 Å². The summed E-state index contributed by atoms with van der Waals surface area (Å²) in [4.78, 5) is 14.9. The van der Waals surface area contributed by atoms with Gasteiger partial charge in [0.25, 0.3) is 5.91 Å². The molecule has 34 heavy (non-hydrogen) atoms. The number of halogens is 3. The molecule has 0 saturated heterocycles. The predicted molar refractivity (Wildman–Crippen MR) is 121 cm³/mol. The molecule has 0 aromatic heterocycles. The van der Waals surface area contributed by atoms with Crippen LogP contribution in [0.4, 0.5) is 18.9 Å². The summed E-state index contributed by atoms with van der Waals surface area (Å²) < 4.78 is 41.6. The second-order valence-corrected chi connectivity index (χ2v) is 7.76. The van der Waals surface area contributed by atoms with Crippen molar-refractivity contribution >= 4 is 11.6 Å². The average molecular weight is 463 g/mol. The van der Waals surface area contributed by atoms with Gasteiger partial charge in [0, 0.05) is 11.7 Å². The van der Waals surface area contributed by atoms with E-state index in [1.807, 2.05) is 37.3 Å². The molecule has 1 amide bonds. The van der Waals surface area contributed by atoms with Gasteiger partial charge in [-0.15, -0.1) is 13.2 Å². The molecule has 0 spiro atoms. The Kier molecular flexibility index (Phi) is 6.28. The van der Waals surface area contributed by atoms with E-state index in [2.05, 4.69) is 16.1 Å². The zero-order valence-electron chi connectivity index (χ0n) is 18.1. The summed E-state index contributed by atoms with van der Waals surface area (Å²) in [6.45, 7) is 1.93. The maximum absolute atomic E-state index is 13.4. The quantitative estimate of drug-likeness (QED) is 0.503. The van der Waals surface area contributed by atoms with Crippen LogP contribution in [0, 0.1) is 11.3 Å². The lowest BCUT2D eigenvalue weighted by molar-refractivity contribution is -0.274. The van der Waals surface area contributed by atoms with Gasteiger partial charge in [-0.3, -0.25) is 9.69 Å². The summed E-state index contributed by atoms with van der Waals surface area (Å²) in [5.41, 5.74) is 2.89. The molecule has 3 aromatic rings. The standard InChI is InChI=1S/C26H20F3N3O2/c1-17(19-7-3-2-4-8-19)31-23-15-24(20-9-5-6-18(14-20)16-30)32(25(23)33)21-10-12-22(13-11-21)34-26(27,28)29/h2-15,17,24,31H,1H3/t17-,24-/m1/s1. The van der Waals surface area contributed by atoms with Gasteiger partial charge in [0.15, 0.2) is 0 Å². The summed E-state index contributed by atoms with van der Waals surface area (Å²) in [5.74, 6) is -0.713. The Bertz CT molecular complexity index is 1250. The molecule has 0 radical (unpaired) electrons. The van der Waals surface area contributed by atoms with Gasteiger partial charge in [-0.1, -0.05) is 42.5 Å². The second kappa shape index (κ2) is 9.32. The Morgan fingerprint density at radius 2 is 1.74 bits per heavy atom. The fraction of sp³-hybridized carbons (Fsp3) is 0.154. The van der Waals surface area contributed by atoms with Crippen molar-refractivity contribution in [3.05, 3.63) is 107 Å². The van der Waals surface area contributed by atoms with Gasteiger partial charge in [0.1, 0.15) is 5.75 Å². The fourth-order valence-electron chi connectivity index (χ4n) is 3.85. The zero-order valence-corrected chi connectivity index (χ0v) is 18.1. The van der Waals surface area contributed by atoms with Gasteiger partial charge in [-0.05, 0) is 60.5 Å². The second-order valence-electron chi connectivity index (χ2n) is 7.76. The zero-order chi connectivity index (χ0) is 24.3. The minimum Gasteiger partial charge on any atom is -0.406 e. The van der Waals surface area contributed by atoms with E-state index in [0.717, 1.165) is 17.7 Å². The molecule has 8 heteroatoms. The van der Waals surface area contributed by atoms with E-state index in [-0.39, 0.29) is 17.7 Å². The number of amides is 1. The molecular weight excluding hydrogens is 443 g/mol. The number of benzene rings is 3. The maximum Gasteiger partial charge on any atom is 0.573 e. The molecule has 2 atom stereocenters. The first-order valence-electron chi connectivity index (χ1n) is 10.5. The molecular formula is C26H20F3N3O2. The van der Waals surface area contributed by atoms with Crippen molar-refractivity contribution in [2.45, 2.75) is 25.4 Å². The lowest BCUT2D eigenvalue weighted by Crippen LogP contribution is -2.33. The SMILES string of the molecule is C[C@@H](NC1=C[C@H](c2cccc(C#N)c2)N(c2ccc(OC(F)(F)F)cc2)C1=O)c1ccccc1. The molecule has 4 rings (SSSR count). The van der Waals surface area contributed by atoms with Gasteiger partial charge in [-0.25, -0.2) is 0 Å². The topological polar surface area (TPSA) is 65.4 Å². The number of carbonyl (C=O) groups excluding carboxylic acids is 1. The summed E-state index contributed by atoms with van der Waals surface area (Å²) in [6.07, 6.45) is -3.05. The van der Waals surface area contributed by atoms with Crippen molar-refractivity contribution in [2.75, 3.05) is 4.90 Å². The first kappa shape index (κ1) is 22.9. The highest BCUT2D eigenvalue weighted by Gasteiger charge is 2.36. The lowest BCUT2D eigenvalue weighted by Gasteiger charge is -2.26. The van der Waals surface area contributed by atoms with Crippen molar-refractivity contribution < 1.29 is 22.7 Å². The van der Waals surface area contributed by atoms with Crippen LogP contribution < -0.4 is 15.0 Å². The molecule has 3 aromatic carbocycles. The van der Waals surface area contributed by atoms with Gasteiger partial charge >= 0.3 is 6.36 Å². The van der Waals surface area contributed by atoms with E-state index >= 15 is 0 Å². The third-order valence-corrected chi connectivity index (χ3v) is 5.43. The monoisotopic (exact) mass is 463 g/mol. The predicted octanol–water partition coefficient (Wildman–Crippen LogP) is 5.78. The largest absolute Gasteiger partial charge is 0.573 e. The number of nitrogens with one attached hydrogen (secondary N) is 1. The summed E-state index contributed by atoms with van der Waals surface area (Å²) >= 11 is 0. The van der Waals surface area contributed by atoms with Crippen molar-refractivity contribution in [1.82, 2.24) is 5.32 Å². The Morgan fingerprint density at radius 1 is 1.03 bits per heavy atom. The van der Waals surface area contributed by atoms with Crippen LogP contribution >= 0.6 is 0 Å². The molecule has 5 nitrogen and oxygen atoms in total. The van der Waals surface area contributed by atoms with E-state index in [1.54, 1.807) is 30.3 Å². The maximum atomic E-state index is 13.4. The third kappa shape index (κ3) is 5.04. The number of nitrogens with zero attached hydrogens (tertiary/aromatic N) is 2. The molecule has 1 aliphatic rings. The molecule has 0 fully saturated rings. The number of rotatable bonds is 6. The molecule has 0 saturated carbocycles. The van der Waals surface area contributed by atoms with Crippen molar-refractivity contribution in [2.24, 2.45) is 0 Å². The van der Waals surface area contributed by atoms with Gasteiger partial charge in [0.2, 0.25) is 0 Å². The van der Waals surface area contributed by atoms with Crippen LogP contribution in [0.5, 0.6) is 5.75 Å². The Balaban J connectivity index is 1.68. The molecule has 0 unspecified atom stereocenters. The van der Waals surface area contributed by atoms with Gasteiger partial charge in [-0.2, -0.15) is 5.26 Å². The van der Waals surface area contributed by atoms with Gasteiger partial charge in [0.05, 0.1) is 23.4 Å².